The van der Waals surface area contributed by atoms with Gasteiger partial charge in [0.2, 0.25) is 11.8 Å². The van der Waals surface area contributed by atoms with Crippen LogP contribution in [-0.4, -0.2) is 9.97 Å². The fraction of sp³-hybridized carbons (Fsp3) is 0.143. The van der Waals surface area contributed by atoms with Crippen LogP contribution in [0, 0.1) is 6.92 Å². The molecule has 5 rings (SSSR count). The van der Waals surface area contributed by atoms with Crippen LogP contribution < -0.4 is 0 Å². The van der Waals surface area contributed by atoms with E-state index in [1.54, 1.807) is 11.3 Å². The van der Waals surface area contributed by atoms with Crippen molar-refractivity contribution in [3.63, 3.8) is 0 Å². The van der Waals surface area contributed by atoms with Gasteiger partial charge in [0.1, 0.15) is 11.0 Å². The van der Waals surface area contributed by atoms with Gasteiger partial charge >= 0.3 is 0 Å². The van der Waals surface area contributed by atoms with Crippen LogP contribution >= 0.6 is 11.3 Å². The molecule has 0 saturated carbocycles. The summed E-state index contributed by atoms with van der Waals surface area (Å²) in [5, 5.41) is 0. The lowest BCUT2D eigenvalue weighted by Crippen LogP contribution is -1.78. The molecule has 0 saturated heterocycles. The van der Waals surface area contributed by atoms with E-state index < -0.39 is 0 Å². The summed E-state index contributed by atoms with van der Waals surface area (Å²) in [4.78, 5) is 11.2. The molecule has 0 radical (unpaired) electrons. The summed E-state index contributed by atoms with van der Waals surface area (Å²) < 4.78 is 11.8. The molecular weight excluding hydrogens is 344 g/mol. The normalized spacial score (nSPS) is 11.6. The number of thiophene rings is 1. The summed E-state index contributed by atoms with van der Waals surface area (Å²) >= 11 is 1.57. The molecule has 0 aliphatic rings. The first-order valence-electron chi connectivity index (χ1n) is 8.57. The van der Waals surface area contributed by atoms with Gasteiger partial charge in [-0.15, -0.1) is 11.3 Å². The van der Waals surface area contributed by atoms with Gasteiger partial charge < -0.3 is 8.83 Å². The SMILES string of the molecule is CCc1ccc2oc(-c3ccc(-c4nc5cc(C)ccc5o4)s3)nc2c1. The Balaban J connectivity index is 1.54. The van der Waals surface area contributed by atoms with Gasteiger partial charge in [-0.1, -0.05) is 19.1 Å². The van der Waals surface area contributed by atoms with E-state index in [1.165, 1.54) is 11.1 Å². The molecule has 0 aliphatic heterocycles. The lowest BCUT2D eigenvalue weighted by atomic mass is 10.1. The van der Waals surface area contributed by atoms with Crippen LogP contribution in [0.4, 0.5) is 0 Å². The second kappa shape index (κ2) is 5.81. The second-order valence-corrected chi connectivity index (χ2v) is 7.41. The summed E-state index contributed by atoms with van der Waals surface area (Å²) in [7, 11) is 0. The first-order valence-corrected chi connectivity index (χ1v) is 9.38. The Bertz CT molecular complexity index is 1250. The molecule has 4 nitrogen and oxygen atoms in total. The summed E-state index contributed by atoms with van der Waals surface area (Å²) in [6.07, 6.45) is 0.985. The van der Waals surface area contributed by atoms with Crippen LogP contribution in [-0.2, 0) is 6.42 Å². The van der Waals surface area contributed by atoms with Crippen molar-refractivity contribution in [2.24, 2.45) is 0 Å². The van der Waals surface area contributed by atoms with E-state index in [1.807, 2.05) is 43.3 Å². The number of rotatable bonds is 3. The Morgan fingerprint density at radius 3 is 2.08 bits per heavy atom. The monoisotopic (exact) mass is 360 g/mol. The van der Waals surface area contributed by atoms with Gasteiger partial charge in [0.05, 0.1) is 9.75 Å². The lowest BCUT2D eigenvalue weighted by Gasteiger charge is -1.92. The zero-order valence-corrected chi connectivity index (χ0v) is 15.3. The third-order valence-electron chi connectivity index (χ3n) is 4.43. The maximum Gasteiger partial charge on any atom is 0.237 e. The van der Waals surface area contributed by atoms with Crippen molar-refractivity contribution in [1.82, 2.24) is 9.97 Å². The van der Waals surface area contributed by atoms with Gasteiger partial charge in [0, 0.05) is 0 Å². The molecular formula is C21H16N2O2S. The smallest absolute Gasteiger partial charge is 0.237 e. The number of hydrogen-bond acceptors (Lipinski definition) is 5. The molecule has 0 aliphatic carbocycles. The number of hydrogen-bond donors (Lipinski definition) is 0. The topological polar surface area (TPSA) is 52.1 Å². The van der Waals surface area contributed by atoms with Crippen molar-refractivity contribution < 1.29 is 8.83 Å². The van der Waals surface area contributed by atoms with Crippen LogP contribution in [0.3, 0.4) is 0 Å². The third-order valence-corrected chi connectivity index (χ3v) is 5.49. The van der Waals surface area contributed by atoms with E-state index in [0.29, 0.717) is 11.8 Å². The minimum Gasteiger partial charge on any atom is -0.435 e. The molecule has 0 amide bonds. The molecule has 128 valence electrons. The van der Waals surface area contributed by atoms with Crippen LogP contribution in [0.5, 0.6) is 0 Å². The summed E-state index contributed by atoms with van der Waals surface area (Å²) in [6, 6.07) is 16.2. The van der Waals surface area contributed by atoms with E-state index in [-0.39, 0.29) is 0 Å². The van der Waals surface area contributed by atoms with Crippen molar-refractivity contribution in [2.45, 2.75) is 20.3 Å². The minimum absolute atomic E-state index is 0.631. The summed E-state index contributed by atoms with van der Waals surface area (Å²) in [5.41, 5.74) is 5.81. The molecule has 5 heteroatoms. The molecule has 0 unspecified atom stereocenters. The number of fused-ring (bicyclic) bond motifs is 2. The minimum atomic E-state index is 0.631. The largest absolute Gasteiger partial charge is 0.435 e. The quantitative estimate of drug-likeness (QED) is 0.382. The number of benzene rings is 2. The van der Waals surface area contributed by atoms with Gasteiger partial charge in [-0.25, -0.2) is 9.97 Å². The molecule has 0 atom stereocenters. The van der Waals surface area contributed by atoms with Gasteiger partial charge in [0.15, 0.2) is 11.2 Å². The van der Waals surface area contributed by atoms with Crippen LogP contribution in [0.2, 0.25) is 0 Å². The highest BCUT2D eigenvalue weighted by Crippen LogP contribution is 2.36. The molecule has 0 N–H and O–H groups in total. The van der Waals surface area contributed by atoms with E-state index >= 15 is 0 Å². The standard InChI is InChI=1S/C21H16N2O2S/c1-3-13-5-7-17-15(11-13)23-21(25-17)19-9-8-18(26-19)20-22-14-10-12(2)4-6-16(14)24-20/h4-11H,3H2,1-2H3. The van der Waals surface area contributed by atoms with Crippen molar-refractivity contribution in [1.29, 1.82) is 0 Å². The lowest BCUT2D eigenvalue weighted by molar-refractivity contribution is 0.621. The van der Waals surface area contributed by atoms with Crippen LogP contribution in [0.1, 0.15) is 18.1 Å². The van der Waals surface area contributed by atoms with Crippen LogP contribution in [0.15, 0.2) is 57.4 Å². The Labute approximate surface area is 154 Å². The zero-order chi connectivity index (χ0) is 17.7. The fourth-order valence-electron chi connectivity index (χ4n) is 3.01. The van der Waals surface area contributed by atoms with Crippen molar-refractivity contribution in [2.75, 3.05) is 0 Å². The van der Waals surface area contributed by atoms with E-state index in [4.69, 9.17) is 8.83 Å². The number of oxazole rings is 2. The van der Waals surface area contributed by atoms with Crippen molar-refractivity contribution in [3.8, 4) is 21.5 Å². The Kier molecular flexibility index (Phi) is 3.43. The summed E-state index contributed by atoms with van der Waals surface area (Å²) in [5.74, 6) is 1.27. The molecule has 5 aromatic rings. The average molecular weight is 360 g/mol. The Morgan fingerprint density at radius 1 is 0.808 bits per heavy atom. The molecule has 2 aromatic carbocycles. The third kappa shape index (κ3) is 2.52. The Hall–Kier alpha value is -2.92. The summed E-state index contributed by atoms with van der Waals surface area (Å²) in [6.45, 7) is 4.18. The number of aromatic nitrogens is 2. The number of aryl methyl sites for hydroxylation is 2. The van der Waals surface area contributed by atoms with E-state index in [2.05, 4.69) is 29.0 Å². The Morgan fingerprint density at radius 2 is 1.42 bits per heavy atom. The van der Waals surface area contributed by atoms with Crippen molar-refractivity contribution >= 4 is 33.5 Å². The van der Waals surface area contributed by atoms with Crippen LogP contribution in [0.25, 0.3) is 43.7 Å². The van der Waals surface area contributed by atoms with Gasteiger partial charge in [0.25, 0.3) is 0 Å². The van der Waals surface area contributed by atoms with Gasteiger partial charge in [-0.2, -0.15) is 0 Å². The molecule has 3 heterocycles. The molecule has 0 bridgehead atoms. The predicted octanol–water partition coefficient (Wildman–Crippen LogP) is 6.24. The maximum absolute atomic E-state index is 5.93. The van der Waals surface area contributed by atoms with Crippen molar-refractivity contribution in [3.05, 3.63) is 59.7 Å². The second-order valence-electron chi connectivity index (χ2n) is 6.33. The fourth-order valence-corrected chi connectivity index (χ4v) is 3.87. The number of nitrogens with zero attached hydrogens (tertiary/aromatic N) is 2. The molecule has 0 fully saturated rings. The molecule has 0 spiro atoms. The zero-order valence-electron chi connectivity index (χ0n) is 14.4. The van der Waals surface area contributed by atoms with Gasteiger partial charge in [-0.3, -0.25) is 0 Å². The van der Waals surface area contributed by atoms with Gasteiger partial charge in [-0.05, 0) is 60.9 Å². The predicted molar refractivity (Wildman–Crippen MR) is 104 cm³/mol. The molecule has 26 heavy (non-hydrogen) atoms. The first-order chi connectivity index (χ1) is 12.7. The highest BCUT2D eigenvalue weighted by molar-refractivity contribution is 7.18. The van der Waals surface area contributed by atoms with E-state index in [0.717, 1.165) is 38.4 Å². The average Bonchev–Trinajstić information content (AvgIpc) is 3.36. The van der Waals surface area contributed by atoms with E-state index in [9.17, 15) is 0 Å². The first kappa shape index (κ1) is 15.3. The highest BCUT2D eigenvalue weighted by Gasteiger charge is 2.15. The maximum atomic E-state index is 5.93. The highest BCUT2D eigenvalue weighted by atomic mass is 32.1. The molecule has 3 aromatic heterocycles.